The maximum Gasteiger partial charge on any atom is 0.130 e. The van der Waals surface area contributed by atoms with Crippen molar-refractivity contribution in [2.75, 3.05) is 6.54 Å². The largest absolute Gasteiger partial charge is 0.357 e. The SMILES string of the molecule is NC1NCC2=C(N1)c1ccccc1C=CC=C2. The number of benzene rings is 1. The molecule has 4 N–H and O–H groups in total. The van der Waals surface area contributed by atoms with E-state index in [0.717, 1.165) is 12.2 Å². The Hall–Kier alpha value is -1.84. The molecule has 0 radical (unpaired) electrons. The van der Waals surface area contributed by atoms with E-state index in [2.05, 4.69) is 59.2 Å². The molecule has 0 saturated heterocycles. The summed E-state index contributed by atoms with van der Waals surface area (Å²) in [4.78, 5) is 0. The summed E-state index contributed by atoms with van der Waals surface area (Å²) in [5.74, 6) is 0. The lowest BCUT2D eigenvalue weighted by molar-refractivity contribution is 0.496. The Morgan fingerprint density at radius 1 is 1.12 bits per heavy atom. The molecule has 3 nitrogen and oxygen atoms in total. The summed E-state index contributed by atoms with van der Waals surface area (Å²) < 4.78 is 0. The number of nitrogens with one attached hydrogen (secondary N) is 2. The van der Waals surface area contributed by atoms with E-state index in [-0.39, 0.29) is 6.29 Å². The highest BCUT2D eigenvalue weighted by Crippen LogP contribution is 2.25. The van der Waals surface area contributed by atoms with Crippen LogP contribution in [-0.4, -0.2) is 12.8 Å². The summed E-state index contributed by atoms with van der Waals surface area (Å²) >= 11 is 0. The van der Waals surface area contributed by atoms with Gasteiger partial charge in [-0.25, -0.2) is 0 Å². The highest BCUT2D eigenvalue weighted by Gasteiger charge is 2.18. The minimum atomic E-state index is -0.182. The first-order valence-corrected chi connectivity index (χ1v) is 5.77. The third kappa shape index (κ3) is 1.90. The summed E-state index contributed by atoms with van der Waals surface area (Å²) in [6.07, 6.45) is 8.18. The van der Waals surface area contributed by atoms with Gasteiger partial charge < -0.3 is 5.32 Å². The van der Waals surface area contributed by atoms with Crippen LogP contribution < -0.4 is 16.4 Å². The summed E-state index contributed by atoms with van der Waals surface area (Å²) in [5, 5.41) is 6.50. The molecule has 0 bridgehead atoms. The van der Waals surface area contributed by atoms with E-state index in [1.165, 1.54) is 16.7 Å². The maximum absolute atomic E-state index is 5.89. The molecule has 0 aromatic heterocycles. The predicted molar refractivity (Wildman–Crippen MR) is 70.6 cm³/mol. The second kappa shape index (κ2) is 4.20. The first-order chi connectivity index (χ1) is 8.34. The van der Waals surface area contributed by atoms with E-state index in [1.54, 1.807) is 0 Å². The van der Waals surface area contributed by atoms with Crippen molar-refractivity contribution in [3.8, 4) is 0 Å². The van der Waals surface area contributed by atoms with Gasteiger partial charge in [-0.1, -0.05) is 48.6 Å². The maximum atomic E-state index is 5.89. The van der Waals surface area contributed by atoms with Gasteiger partial charge in [-0.3, -0.25) is 11.1 Å². The summed E-state index contributed by atoms with van der Waals surface area (Å²) in [7, 11) is 0. The fourth-order valence-electron chi connectivity index (χ4n) is 2.20. The zero-order chi connectivity index (χ0) is 11.7. The normalized spacial score (nSPS) is 22.3. The lowest BCUT2D eigenvalue weighted by Gasteiger charge is -2.28. The number of fused-ring (bicyclic) bond motifs is 2. The van der Waals surface area contributed by atoms with Crippen molar-refractivity contribution < 1.29 is 0 Å². The van der Waals surface area contributed by atoms with Crippen LogP contribution in [0.15, 0.2) is 48.1 Å². The molecule has 17 heavy (non-hydrogen) atoms. The van der Waals surface area contributed by atoms with Crippen molar-refractivity contribution in [1.29, 1.82) is 0 Å². The van der Waals surface area contributed by atoms with Gasteiger partial charge in [-0.05, 0) is 11.1 Å². The molecule has 1 aliphatic carbocycles. The molecule has 1 unspecified atom stereocenters. The smallest absolute Gasteiger partial charge is 0.130 e. The minimum Gasteiger partial charge on any atom is -0.357 e. The Morgan fingerprint density at radius 3 is 2.88 bits per heavy atom. The molecule has 0 fully saturated rings. The van der Waals surface area contributed by atoms with Crippen LogP contribution >= 0.6 is 0 Å². The van der Waals surface area contributed by atoms with Crippen LogP contribution in [-0.2, 0) is 0 Å². The molecule has 0 spiro atoms. The lowest BCUT2D eigenvalue weighted by Crippen LogP contribution is -2.52. The van der Waals surface area contributed by atoms with Gasteiger partial charge in [-0.2, -0.15) is 0 Å². The zero-order valence-electron chi connectivity index (χ0n) is 9.48. The summed E-state index contributed by atoms with van der Waals surface area (Å²) in [5.41, 5.74) is 10.7. The van der Waals surface area contributed by atoms with E-state index < -0.39 is 0 Å². The van der Waals surface area contributed by atoms with Gasteiger partial charge in [-0.15, -0.1) is 0 Å². The molecule has 2 aliphatic rings. The standard InChI is InChI=1S/C14H15N3/c15-14-16-9-11-7-2-1-5-10-6-3-4-8-12(10)13(11)17-14/h1-8,14,16-17H,9,15H2. The zero-order valence-corrected chi connectivity index (χ0v) is 9.48. The van der Waals surface area contributed by atoms with Gasteiger partial charge in [0, 0.05) is 17.8 Å². The highest BCUT2D eigenvalue weighted by atomic mass is 15.2. The van der Waals surface area contributed by atoms with Crippen LogP contribution in [0, 0.1) is 0 Å². The summed E-state index contributed by atoms with van der Waals surface area (Å²) in [6.45, 7) is 0.794. The Bertz CT molecular complexity index is 526. The Labute approximate surface area is 101 Å². The summed E-state index contributed by atoms with van der Waals surface area (Å²) in [6, 6.07) is 8.34. The van der Waals surface area contributed by atoms with Crippen LogP contribution in [0.3, 0.4) is 0 Å². The molecule has 1 heterocycles. The van der Waals surface area contributed by atoms with Crippen LogP contribution in [0.2, 0.25) is 0 Å². The van der Waals surface area contributed by atoms with Gasteiger partial charge >= 0.3 is 0 Å². The Kier molecular flexibility index (Phi) is 2.55. The average Bonchev–Trinajstić information content (AvgIpc) is 2.34. The molecular formula is C14H15N3. The van der Waals surface area contributed by atoms with Crippen molar-refractivity contribution in [2.45, 2.75) is 6.29 Å². The Morgan fingerprint density at radius 2 is 1.94 bits per heavy atom. The molecule has 1 aromatic carbocycles. The fraction of sp³-hybridized carbons (Fsp3) is 0.143. The van der Waals surface area contributed by atoms with Crippen LogP contribution in [0.5, 0.6) is 0 Å². The number of hydrogen-bond donors (Lipinski definition) is 3. The van der Waals surface area contributed by atoms with E-state index in [1.807, 2.05) is 0 Å². The molecule has 86 valence electrons. The van der Waals surface area contributed by atoms with Crippen molar-refractivity contribution in [1.82, 2.24) is 10.6 Å². The van der Waals surface area contributed by atoms with E-state index in [9.17, 15) is 0 Å². The molecule has 1 atom stereocenters. The van der Waals surface area contributed by atoms with E-state index in [4.69, 9.17) is 5.73 Å². The van der Waals surface area contributed by atoms with Crippen molar-refractivity contribution in [2.24, 2.45) is 5.73 Å². The molecule has 1 aliphatic heterocycles. The van der Waals surface area contributed by atoms with E-state index >= 15 is 0 Å². The molecule has 3 heteroatoms. The van der Waals surface area contributed by atoms with Gasteiger partial charge in [0.2, 0.25) is 0 Å². The first-order valence-electron chi connectivity index (χ1n) is 5.77. The molecule has 1 aromatic rings. The fourth-order valence-corrected chi connectivity index (χ4v) is 2.20. The highest BCUT2D eigenvalue weighted by molar-refractivity contribution is 5.78. The van der Waals surface area contributed by atoms with Crippen LogP contribution in [0.4, 0.5) is 0 Å². The Balaban J connectivity index is 2.18. The molecule has 0 amide bonds. The molecular weight excluding hydrogens is 210 g/mol. The van der Waals surface area contributed by atoms with Crippen molar-refractivity contribution >= 4 is 11.8 Å². The van der Waals surface area contributed by atoms with E-state index in [0.29, 0.717) is 0 Å². The van der Waals surface area contributed by atoms with Gasteiger partial charge in [0.1, 0.15) is 6.29 Å². The van der Waals surface area contributed by atoms with Gasteiger partial charge in [0.25, 0.3) is 0 Å². The second-order valence-electron chi connectivity index (χ2n) is 4.21. The number of allylic oxidation sites excluding steroid dienone is 2. The topological polar surface area (TPSA) is 50.1 Å². The average molecular weight is 225 g/mol. The third-order valence-electron chi connectivity index (χ3n) is 3.05. The van der Waals surface area contributed by atoms with Crippen molar-refractivity contribution in [3.05, 3.63) is 59.2 Å². The monoisotopic (exact) mass is 225 g/mol. The van der Waals surface area contributed by atoms with Crippen molar-refractivity contribution in [3.63, 3.8) is 0 Å². The predicted octanol–water partition coefficient (Wildman–Crippen LogP) is 1.42. The number of nitrogens with two attached hydrogens (primary N) is 1. The first kappa shape index (κ1) is 10.3. The van der Waals surface area contributed by atoms with Gasteiger partial charge in [0.15, 0.2) is 0 Å². The van der Waals surface area contributed by atoms with Crippen LogP contribution in [0.25, 0.3) is 11.8 Å². The number of rotatable bonds is 0. The molecule has 3 rings (SSSR count). The second-order valence-corrected chi connectivity index (χ2v) is 4.21. The minimum absolute atomic E-state index is 0.182. The lowest BCUT2D eigenvalue weighted by atomic mass is 9.97. The number of hydrogen-bond acceptors (Lipinski definition) is 3. The molecule has 0 saturated carbocycles. The van der Waals surface area contributed by atoms with Crippen LogP contribution in [0.1, 0.15) is 11.1 Å². The van der Waals surface area contributed by atoms with Gasteiger partial charge in [0.05, 0.1) is 0 Å². The quantitative estimate of drug-likeness (QED) is 0.626. The third-order valence-corrected chi connectivity index (χ3v) is 3.05.